The highest BCUT2D eigenvalue weighted by Crippen LogP contribution is 2.17. The zero-order valence-corrected chi connectivity index (χ0v) is 11.7. The first kappa shape index (κ1) is 14.7. The molecule has 1 amide bonds. The topological polar surface area (TPSA) is 60.9 Å². The number of carbonyl (C=O) groups excluding carboxylic acids is 1. The predicted octanol–water partition coefficient (Wildman–Crippen LogP) is 1.14. The summed E-state index contributed by atoms with van der Waals surface area (Å²) in [5.74, 6) is -1.19. The molecule has 0 aromatic carbocycles. The first-order valence-electron chi connectivity index (χ1n) is 5.61. The van der Waals surface area contributed by atoms with E-state index in [0.29, 0.717) is 18.0 Å². The highest BCUT2D eigenvalue weighted by molar-refractivity contribution is 7.12. The normalized spacial score (nSPS) is 10.7. The van der Waals surface area contributed by atoms with Gasteiger partial charge in [0.05, 0.1) is 4.88 Å². The maximum Gasteiger partial charge on any atom is 0.323 e. The van der Waals surface area contributed by atoms with Crippen molar-refractivity contribution in [1.82, 2.24) is 9.80 Å². The van der Waals surface area contributed by atoms with E-state index < -0.39 is 5.97 Å². The van der Waals surface area contributed by atoms with Crippen LogP contribution in [0.2, 0.25) is 0 Å². The van der Waals surface area contributed by atoms with Gasteiger partial charge in [-0.1, -0.05) is 0 Å². The van der Waals surface area contributed by atoms with E-state index >= 15 is 0 Å². The number of hydrogen-bond donors (Lipinski definition) is 1. The number of likely N-dealkylation sites (N-methyl/N-ethyl adjacent to an activating group) is 1. The van der Waals surface area contributed by atoms with E-state index in [1.54, 1.807) is 0 Å². The Kier molecular flexibility index (Phi) is 5.30. The number of carboxylic acids is 1. The summed E-state index contributed by atoms with van der Waals surface area (Å²) in [5, 5.41) is 10.7. The molecule has 1 aromatic heterocycles. The van der Waals surface area contributed by atoms with E-state index in [9.17, 15) is 9.59 Å². The quantitative estimate of drug-likeness (QED) is 0.842. The van der Waals surface area contributed by atoms with Crippen LogP contribution in [0.15, 0.2) is 11.4 Å². The second kappa shape index (κ2) is 6.51. The lowest BCUT2D eigenvalue weighted by atomic mass is 10.2. The Morgan fingerprint density at radius 3 is 2.44 bits per heavy atom. The highest BCUT2D eigenvalue weighted by atomic mass is 32.1. The van der Waals surface area contributed by atoms with Crippen LogP contribution < -0.4 is 0 Å². The van der Waals surface area contributed by atoms with Crippen molar-refractivity contribution >= 4 is 23.2 Å². The van der Waals surface area contributed by atoms with E-state index in [-0.39, 0.29) is 12.5 Å². The summed E-state index contributed by atoms with van der Waals surface area (Å²) in [4.78, 5) is 27.0. The highest BCUT2D eigenvalue weighted by Gasteiger charge is 2.20. The van der Waals surface area contributed by atoms with Crippen molar-refractivity contribution in [2.75, 3.05) is 33.7 Å². The smallest absolute Gasteiger partial charge is 0.323 e. The van der Waals surface area contributed by atoms with Crippen LogP contribution in [0.1, 0.15) is 15.2 Å². The number of rotatable bonds is 6. The molecule has 0 aliphatic heterocycles. The number of amides is 1. The Bertz CT molecular complexity index is 429. The van der Waals surface area contributed by atoms with E-state index in [1.807, 2.05) is 37.4 Å². The molecule has 1 aromatic rings. The van der Waals surface area contributed by atoms with Crippen molar-refractivity contribution < 1.29 is 14.7 Å². The fourth-order valence-electron chi connectivity index (χ4n) is 1.47. The Balaban J connectivity index is 2.79. The number of aryl methyl sites for hydroxylation is 1. The third kappa shape index (κ3) is 4.12. The molecule has 1 rings (SSSR count). The van der Waals surface area contributed by atoms with Crippen LogP contribution in [0.4, 0.5) is 0 Å². The molecule has 100 valence electrons. The van der Waals surface area contributed by atoms with Crippen molar-refractivity contribution in [2.45, 2.75) is 6.92 Å². The monoisotopic (exact) mass is 270 g/mol. The van der Waals surface area contributed by atoms with Gasteiger partial charge >= 0.3 is 5.97 Å². The maximum atomic E-state index is 12.2. The van der Waals surface area contributed by atoms with Crippen LogP contribution in [-0.4, -0.2) is 60.5 Å². The summed E-state index contributed by atoms with van der Waals surface area (Å²) in [5.41, 5.74) is 0.894. The van der Waals surface area contributed by atoms with Gasteiger partial charge in [-0.2, -0.15) is 0 Å². The summed E-state index contributed by atoms with van der Waals surface area (Å²) in [6.07, 6.45) is 0. The average Bonchev–Trinajstić information content (AvgIpc) is 2.69. The molecular weight excluding hydrogens is 252 g/mol. The number of hydrogen-bond acceptors (Lipinski definition) is 4. The summed E-state index contributed by atoms with van der Waals surface area (Å²) < 4.78 is 0. The van der Waals surface area contributed by atoms with Gasteiger partial charge in [-0.05, 0) is 38.0 Å². The Morgan fingerprint density at radius 1 is 1.33 bits per heavy atom. The molecule has 6 heteroatoms. The second-order valence-corrected chi connectivity index (χ2v) is 5.27. The van der Waals surface area contributed by atoms with Crippen molar-refractivity contribution in [2.24, 2.45) is 0 Å². The molecule has 0 atom stereocenters. The number of carboxylic acid groups (broad SMARTS) is 1. The zero-order chi connectivity index (χ0) is 13.7. The van der Waals surface area contributed by atoms with Crippen molar-refractivity contribution in [1.29, 1.82) is 0 Å². The molecule has 0 saturated heterocycles. The molecule has 0 radical (unpaired) electrons. The first-order valence-corrected chi connectivity index (χ1v) is 6.49. The summed E-state index contributed by atoms with van der Waals surface area (Å²) in [6.45, 7) is 2.65. The minimum Gasteiger partial charge on any atom is -0.480 e. The Morgan fingerprint density at radius 2 is 2.00 bits per heavy atom. The molecule has 0 aliphatic carbocycles. The van der Waals surface area contributed by atoms with Gasteiger partial charge in [-0.15, -0.1) is 11.3 Å². The van der Waals surface area contributed by atoms with Gasteiger partial charge < -0.3 is 14.9 Å². The van der Waals surface area contributed by atoms with Crippen LogP contribution >= 0.6 is 11.3 Å². The number of aliphatic carboxylic acids is 1. The number of nitrogens with zero attached hydrogens (tertiary/aromatic N) is 2. The van der Waals surface area contributed by atoms with E-state index in [0.717, 1.165) is 5.56 Å². The van der Waals surface area contributed by atoms with Crippen LogP contribution in [0, 0.1) is 6.92 Å². The minimum absolute atomic E-state index is 0.202. The lowest BCUT2D eigenvalue weighted by Gasteiger charge is -2.22. The fourth-order valence-corrected chi connectivity index (χ4v) is 2.36. The third-order valence-corrected chi connectivity index (χ3v) is 3.49. The maximum absolute atomic E-state index is 12.2. The van der Waals surface area contributed by atoms with Gasteiger partial charge in [0.15, 0.2) is 0 Å². The molecule has 18 heavy (non-hydrogen) atoms. The lowest BCUT2D eigenvalue weighted by Crippen LogP contribution is -2.39. The van der Waals surface area contributed by atoms with Gasteiger partial charge in [0.2, 0.25) is 0 Å². The summed E-state index contributed by atoms with van der Waals surface area (Å²) in [6, 6.07) is 1.86. The molecule has 0 unspecified atom stereocenters. The summed E-state index contributed by atoms with van der Waals surface area (Å²) >= 11 is 1.35. The van der Waals surface area contributed by atoms with E-state index in [1.165, 1.54) is 16.2 Å². The van der Waals surface area contributed by atoms with Crippen LogP contribution in [-0.2, 0) is 4.79 Å². The molecule has 0 spiro atoms. The van der Waals surface area contributed by atoms with Gasteiger partial charge in [-0.3, -0.25) is 9.59 Å². The van der Waals surface area contributed by atoms with E-state index in [4.69, 9.17) is 5.11 Å². The van der Waals surface area contributed by atoms with Gasteiger partial charge in [0.1, 0.15) is 6.54 Å². The zero-order valence-electron chi connectivity index (χ0n) is 10.8. The molecular formula is C12H18N2O3S. The second-order valence-electron chi connectivity index (χ2n) is 4.36. The number of thiophene rings is 1. The largest absolute Gasteiger partial charge is 0.480 e. The predicted molar refractivity (Wildman–Crippen MR) is 71.1 cm³/mol. The average molecular weight is 270 g/mol. The van der Waals surface area contributed by atoms with Gasteiger partial charge in [-0.25, -0.2) is 0 Å². The number of carbonyl (C=O) groups is 2. The van der Waals surface area contributed by atoms with Gasteiger partial charge in [0.25, 0.3) is 5.91 Å². The Hall–Kier alpha value is -1.40. The molecule has 1 N–H and O–H groups in total. The summed E-state index contributed by atoms with van der Waals surface area (Å²) in [7, 11) is 3.78. The lowest BCUT2D eigenvalue weighted by molar-refractivity contribution is -0.137. The SMILES string of the molecule is Cc1ccsc1C(=O)N(CCN(C)C)CC(=O)O. The van der Waals surface area contributed by atoms with Crippen molar-refractivity contribution in [3.63, 3.8) is 0 Å². The molecule has 1 heterocycles. The molecule has 0 fully saturated rings. The third-order valence-electron chi connectivity index (χ3n) is 2.49. The first-order chi connectivity index (χ1) is 8.41. The molecule has 0 aliphatic rings. The van der Waals surface area contributed by atoms with Crippen molar-refractivity contribution in [3.05, 3.63) is 21.9 Å². The van der Waals surface area contributed by atoms with Crippen LogP contribution in [0.25, 0.3) is 0 Å². The van der Waals surface area contributed by atoms with Gasteiger partial charge in [0, 0.05) is 13.1 Å². The van der Waals surface area contributed by atoms with Crippen LogP contribution in [0.5, 0.6) is 0 Å². The molecule has 5 nitrogen and oxygen atoms in total. The van der Waals surface area contributed by atoms with Crippen LogP contribution in [0.3, 0.4) is 0 Å². The minimum atomic E-state index is -0.990. The van der Waals surface area contributed by atoms with Crippen molar-refractivity contribution in [3.8, 4) is 0 Å². The van der Waals surface area contributed by atoms with E-state index in [2.05, 4.69) is 0 Å². The fraction of sp³-hybridized carbons (Fsp3) is 0.500. The standard InChI is InChI=1S/C12H18N2O3S/c1-9-4-7-18-11(9)12(17)14(8-10(15)16)6-5-13(2)3/h4,7H,5-6,8H2,1-3H3,(H,15,16). The molecule has 0 saturated carbocycles. The Labute approximate surface area is 111 Å². The molecule has 0 bridgehead atoms.